The highest BCUT2D eigenvalue weighted by molar-refractivity contribution is 5.92. The highest BCUT2D eigenvalue weighted by Crippen LogP contribution is 2.19. The molecular weight excluding hydrogens is 318 g/mol. The maximum atomic E-state index is 12.1. The van der Waals surface area contributed by atoms with Crippen molar-refractivity contribution in [3.8, 4) is 11.3 Å². The van der Waals surface area contributed by atoms with Crippen LogP contribution >= 0.6 is 0 Å². The maximum absolute atomic E-state index is 12.1. The first-order valence-electron chi connectivity index (χ1n) is 8.93. The van der Waals surface area contributed by atoms with Gasteiger partial charge in [-0.05, 0) is 38.8 Å². The summed E-state index contributed by atoms with van der Waals surface area (Å²) in [6.45, 7) is 2.89. The van der Waals surface area contributed by atoms with Gasteiger partial charge in [0.25, 0.3) is 5.91 Å². The van der Waals surface area contributed by atoms with Crippen molar-refractivity contribution < 1.29 is 14.4 Å². The fraction of sp³-hybridized carbons (Fsp3) is 0.474. The zero-order chi connectivity index (χ0) is 17.5. The Balaban J connectivity index is 1.39. The molecule has 0 saturated carbocycles. The zero-order valence-corrected chi connectivity index (χ0v) is 14.4. The molecule has 2 aromatic rings. The van der Waals surface area contributed by atoms with E-state index in [2.05, 4.69) is 15.4 Å². The molecule has 1 amide bonds. The molecule has 1 atom stereocenters. The van der Waals surface area contributed by atoms with Gasteiger partial charge in [0, 0.05) is 24.2 Å². The molecule has 1 aliphatic rings. The Morgan fingerprint density at radius 2 is 2.16 bits per heavy atom. The van der Waals surface area contributed by atoms with Gasteiger partial charge in [-0.15, -0.1) is 0 Å². The van der Waals surface area contributed by atoms with E-state index in [1.54, 1.807) is 6.07 Å². The molecule has 0 radical (unpaired) electrons. The second-order valence-corrected chi connectivity index (χ2v) is 6.42. The Kier molecular flexibility index (Phi) is 6.19. The molecule has 0 spiro atoms. The minimum absolute atomic E-state index is 0.232. The zero-order valence-electron chi connectivity index (χ0n) is 14.4. The van der Waals surface area contributed by atoms with Gasteiger partial charge in [0.1, 0.15) is 5.69 Å². The van der Waals surface area contributed by atoms with E-state index in [-0.39, 0.29) is 18.3 Å². The number of amides is 1. The first kappa shape index (κ1) is 17.6. The normalized spacial score (nSPS) is 17.7. The van der Waals surface area contributed by atoms with E-state index < -0.39 is 0 Å². The van der Waals surface area contributed by atoms with Crippen molar-refractivity contribution in [2.45, 2.75) is 31.7 Å². The summed E-state index contributed by atoms with van der Waals surface area (Å²) >= 11 is 0. The third-order valence-electron chi connectivity index (χ3n) is 4.67. The standard InChI is InChI=1S/C19H25N3O3/c23-14-16-9-6-12-22(16)11-5-4-10-20-19(24)18-13-17(21-25-18)15-7-2-1-3-8-15/h1-3,7-8,13,16,23H,4-6,9-12,14H2,(H,20,24). The Morgan fingerprint density at radius 1 is 1.32 bits per heavy atom. The van der Waals surface area contributed by atoms with E-state index in [1.807, 2.05) is 30.3 Å². The molecule has 6 heteroatoms. The van der Waals surface area contributed by atoms with Crippen LogP contribution in [0.1, 0.15) is 36.2 Å². The van der Waals surface area contributed by atoms with E-state index in [4.69, 9.17) is 4.52 Å². The number of carbonyl (C=O) groups excluding carboxylic acids is 1. The van der Waals surface area contributed by atoms with E-state index in [9.17, 15) is 9.90 Å². The Bertz CT molecular complexity index is 672. The number of likely N-dealkylation sites (tertiary alicyclic amines) is 1. The number of aliphatic hydroxyl groups excluding tert-OH is 1. The number of aromatic nitrogens is 1. The number of carbonyl (C=O) groups is 1. The highest BCUT2D eigenvalue weighted by Gasteiger charge is 2.22. The van der Waals surface area contributed by atoms with Gasteiger partial charge in [-0.1, -0.05) is 35.5 Å². The van der Waals surface area contributed by atoms with Crippen LogP contribution in [0.4, 0.5) is 0 Å². The van der Waals surface area contributed by atoms with Crippen molar-refractivity contribution in [2.75, 3.05) is 26.2 Å². The Hall–Kier alpha value is -2.18. The monoisotopic (exact) mass is 343 g/mol. The predicted molar refractivity (Wildman–Crippen MR) is 95.2 cm³/mol. The molecule has 134 valence electrons. The van der Waals surface area contributed by atoms with Crippen molar-refractivity contribution >= 4 is 5.91 Å². The summed E-state index contributed by atoms with van der Waals surface area (Å²) in [5, 5.41) is 16.1. The number of hydrogen-bond donors (Lipinski definition) is 2. The number of nitrogens with one attached hydrogen (secondary N) is 1. The number of aliphatic hydroxyl groups is 1. The summed E-state index contributed by atoms with van der Waals surface area (Å²) in [6.07, 6.45) is 4.15. The molecule has 2 heterocycles. The number of hydrogen-bond acceptors (Lipinski definition) is 5. The van der Waals surface area contributed by atoms with Crippen LogP contribution in [0.5, 0.6) is 0 Å². The Morgan fingerprint density at radius 3 is 2.96 bits per heavy atom. The summed E-state index contributed by atoms with van der Waals surface area (Å²) in [7, 11) is 0. The van der Waals surface area contributed by atoms with Gasteiger partial charge in [-0.25, -0.2) is 0 Å². The lowest BCUT2D eigenvalue weighted by Crippen LogP contribution is -2.33. The topological polar surface area (TPSA) is 78.6 Å². The molecule has 25 heavy (non-hydrogen) atoms. The molecule has 1 aromatic heterocycles. The lowest BCUT2D eigenvalue weighted by molar-refractivity contribution is 0.0915. The van der Waals surface area contributed by atoms with Crippen molar-refractivity contribution in [3.63, 3.8) is 0 Å². The van der Waals surface area contributed by atoms with E-state index in [0.717, 1.165) is 44.3 Å². The van der Waals surface area contributed by atoms with Crippen LogP contribution in [-0.2, 0) is 0 Å². The SMILES string of the molecule is O=C(NCCCCN1CCCC1CO)c1cc(-c2ccccc2)no1. The van der Waals surface area contributed by atoms with Crippen molar-refractivity contribution in [2.24, 2.45) is 0 Å². The second-order valence-electron chi connectivity index (χ2n) is 6.42. The van der Waals surface area contributed by atoms with E-state index in [0.29, 0.717) is 18.3 Å². The van der Waals surface area contributed by atoms with Crippen LogP contribution in [-0.4, -0.2) is 53.4 Å². The van der Waals surface area contributed by atoms with Gasteiger partial charge in [0.2, 0.25) is 5.76 Å². The minimum Gasteiger partial charge on any atom is -0.395 e. The molecule has 6 nitrogen and oxygen atoms in total. The molecule has 1 unspecified atom stereocenters. The molecule has 3 rings (SSSR count). The third-order valence-corrected chi connectivity index (χ3v) is 4.67. The molecule has 1 fully saturated rings. The van der Waals surface area contributed by atoms with Crippen molar-refractivity contribution in [1.29, 1.82) is 0 Å². The van der Waals surface area contributed by atoms with Gasteiger partial charge >= 0.3 is 0 Å². The fourth-order valence-corrected chi connectivity index (χ4v) is 3.25. The van der Waals surface area contributed by atoms with Crippen LogP contribution < -0.4 is 5.32 Å². The van der Waals surface area contributed by atoms with Crippen LogP contribution in [0, 0.1) is 0 Å². The molecular formula is C19H25N3O3. The van der Waals surface area contributed by atoms with E-state index >= 15 is 0 Å². The van der Waals surface area contributed by atoms with Crippen molar-refractivity contribution in [3.05, 3.63) is 42.2 Å². The van der Waals surface area contributed by atoms with Gasteiger partial charge < -0.3 is 14.9 Å². The average Bonchev–Trinajstić information content (AvgIpc) is 3.31. The molecule has 1 saturated heterocycles. The molecule has 0 aliphatic carbocycles. The van der Waals surface area contributed by atoms with Crippen LogP contribution in [0.3, 0.4) is 0 Å². The van der Waals surface area contributed by atoms with Crippen molar-refractivity contribution in [1.82, 2.24) is 15.4 Å². The smallest absolute Gasteiger partial charge is 0.289 e. The highest BCUT2D eigenvalue weighted by atomic mass is 16.5. The lowest BCUT2D eigenvalue weighted by atomic mass is 10.1. The largest absolute Gasteiger partial charge is 0.395 e. The van der Waals surface area contributed by atoms with Crippen LogP contribution in [0.15, 0.2) is 40.9 Å². The van der Waals surface area contributed by atoms with E-state index in [1.165, 1.54) is 0 Å². The molecule has 1 aliphatic heterocycles. The van der Waals surface area contributed by atoms with Gasteiger partial charge in [0.05, 0.1) is 6.61 Å². The fourth-order valence-electron chi connectivity index (χ4n) is 3.25. The lowest BCUT2D eigenvalue weighted by Gasteiger charge is -2.22. The molecule has 0 bridgehead atoms. The first-order valence-corrected chi connectivity index (χ1v) is 8.93. The number of unbranched alkanes of at least 4 members (excludes halogenated alkanes) is 1. The summed E-state index contributed by atoms with van der Waals surface area (Å²) in [5.41, 5.74) is 1.59. The van der Waals surface area contributed by atoms with Gasteiger partial charge in [-0.2, -0.15) is 0 Å². The molecule has 2 N–H and O–H groups in total. The summed E-state index contributed by atoms with van der Waals surface area (Å²) in [5.74, 6) is 0.00262. The number of nitrogens with zero attached hydrogens (tertiary/aromatic N) is 2. The summed E-state index contributed by atoms with van der Waals surface area (Å²) in [4.78, 5) is 14.5. The summed E-state index contributed by atoms with van der Waals surface area (Å²) < 4.78 is 5.15. The van der Waals surface area contributed by atoms with Crippen LogP contribution in [0.25, 0.3) is 11.3 Å². The van der Waals surface area contributed by atoms with Gasteiger partial charge in [0.15, 0.2) is 0 Å². The Labute approximate surface area is 147 Å². The molecule has 1 aromatic carbocycles. The first-order chi connectivity index (χ1) is 12.3. The third kappa shape index (κ3) is 4.67. The summed E-state index contributed by atoms with van der Waals surface area (Å²) in [6, 6.07) is 11.6. The number of rotatable bonds is 8. The second kappa shape index (κ2) is 8.78. The average molecular weight is 343 g/mol. The number of benzene rings is 1. The van der Waals surface area contributed by atoms with Crippen LogP contribution in [0.2, 0.25) is 0 Å². The maximum Gasteiger partial charge on any atom is 0.289 e. The van der Waals surface area contributed by atoms with Gasteiger partial charge in [-0.3, -0.25) is 9.69 Å². The minimum atomic E-state index is -0.232. The quantitative estimate of drug-likeness (QED) is 0.719. The predicted octanol–water partition coefficient (Wildman–Crippen LogP) is 2.31.